The van der Waals surface area contributed by atoms with Crippen molar-refractivity contribution in [2.24, 2.45) is 0 Å². The van der Waals surface area contributed by atoms with Crippen LogP contribution in [-0.4, -0.2) is 33.4 Å². The first-order valence-corrected chi connectivity index (χ1v) is 13.1. The largest absolute Gasteiger partial charge is 0.360 e. The molecule has 2 aromatic heterocycles. The van der Waals surface area contributed by atoms with E-state index in [1.807, 2.05) is 18.2 Å². The SMILES string of the molecule is O=C(N[C@H]1Cc2ccccc2C[C@H]1NC(=O)c1ccc2c(Cl)c[nH]c2c1)c1ccc(-n2ccccc2=O)cc1. The van der Waals surface area contributed by atoms with Crippen molar-refractivity contribution < 1.29 is 9.59 Å². The molecule has 39 heavy (non-hydrogen) atoms. The van der Waals surface area contributed by atoms with E-state index in [-0.39, 0.29) is 29.5 Å². The molecular weight excluding hydrogens is 512 g/mol. The summed E-state index contributed by atoms with van der Waals surface area (Å²) in [5.41, 5.74) is 4.60. The van der Waals surface area contributed by atoms with Crippen molar-refractivity contribution in [3.8, 4) is 5.69 Å². The van der Waals surface area contributed by atoms with Crippen LogP contribution in [0.5, 0.6) is 0 Å². The van der Waals surface area contributed by atoms with E-state index in [4.69, 9.17) is 11.6 Å². The number of amides is 2. The van der Waals surface area contributed by atoms with Crippen LogP contribution in [0.2, 0.25) is 5.02 Å². The van der Waals surface area contributed by atoms with Gasteiger partial charge >= 0.3 is 0 Å². The molecule has 6 rings (SSSR count). The summed E-state index contributed by atoms with van der Waals surface area (Å²) < 4.78 is 1.52. The van der Waals surface area contributed by atoms with Gasteiger partial charge in [0.1, 0.15) is 0 Å². The molecule has 8 heteroatoms. The quantitative estimate of drug-likeness (QED) is 0.305. The van der Waals surface area contributed by atoms with Gasteiger partial charge in [-0.1, -0.05) is 48.0 Å². The summed E-state index contributed by atoms with van der Waals surface area (Å²) in [7, 11) is 0. The Hall–Kier alpha value is -4.62. The van der Waals surface area contributed by atoms with E-state index in [2.05, 4.69) is 27.8 Å². The average Bonchev–Trinajstić information content (AvgIpc) is 3.33. The van der Waals surface area contributed by atoms with Gasteiger partial charge in [-0.3, -0.25) is 19.0 Å². The number of fused-ring (bicyclic) bond motifs is 2. The first-order chi connectivity index (χ1) is 19.0. The maximum Gasteiger partial charge on any atom is 0.255 e. The van der Waals surface area contributed by atoms with Gasteiger partial charge in [0.15, 0.2) is 0 Å². The number of pyridine rings is 1. The molecule has 0 aliphatic heterocycles. The maximum absolute atomic E-state index is 13.3. The van der Waals surface area contributed by atoms with Crippen LogP contribution in [0, 0.1) is 0 Å². The Balaban J connectivity index is 1.22. The molecule has 194 valence electrons. The molecule has 1 aliphatic carbocycles. The van der Waals surface area contributed by atoms with Crippen molar-refractivity contribution in [2.75, 3.05) is 0 Å². The molecule has 0 fully saturated rings. The maximum atomic E-state index is 13.3. The normalized spacial score (nSPS) is 16.4. The summed E-state index contributed by atoms with van der Waals surface area (Å²) in [5, 5.41) is 7.75. The number of halogens is 1. The lowest BCUT2D eigenvalue weighted by atomic mass is 9.84. The Morgan fingerprint density at radius 3 is 2.08 bits per heavy atom. The predicted molar refractivity (Wildman–Crippen MR) is 152 cm³/mol. The number of aromatic nitrogens is 2. The molecule has 3 aromatic carbocycles. The van der Waals surface area contributed by atoms with Crippen LogP contribution >= 0.6 is 11.6 Å². The third kappa shape index (κ3) is 4.96. The molecule has 0 spiro atoms. The van der Waals surface area contributed by atoms with Crippen LogP contribution in [0.25, 0.3) is 16.6 Å². The van der Waals surface area contributed by atoms with Crippen molar-refractivity contribution in [1.29, 1.82) is 0 Å². The lowest BCUT2D eigenvalue weighted by molar-refractivity contribution is 0.0878. The molecule has 0 radical (unpaired) electrons. The molecule has 0 saturated carbocycles. The van der Waals surface area contributed by atoms with E-state index in [1.165, 1.54) is 10.6 Å². The third-order valence-corrected chi connectivity index (χ3v) is 7.55. The van der Waals surface area contributed by atoms with Gasteiger partial charge in [-0.05, 0) is 66.4 Å². The fourth-order valence-electron chi connectivity index (χ4n) is 5.17. The molecule has 1 aliphatic rings. The minimum Gasteiger partial charge on any atom is -0.360 e. The molecule has 0 unspecified atom stereocenters. The average molecular weight is 537 g/mol. The highest BCUT2D eigenvalue weighted by molar-refractivity contribution is 6.35. The number of aromatic amines is 1. The van der Waals surface area contributed by atoms with Crippen molar-refractivity contribution in [2.45, 2.75) is 24.9 Å². The smallest absolute Gasteiger partial charge is 0.255 e. The lowest BCUT2D eigenvalue weighted by Crippen LogP contribution is -2.55. The van der Waals surface area contributed by atoms with Crippen molar-refractivity contribution in [3.05, 3.63) is 135 Å². The third-order valence-electron chi connectivity index (χ3n) is 7.24. The summed E-state index contributed by atoms with van der Waals surface area (Å²) in [6, 6.07) is 24.7. The van der Waals surface area contributed by atoms with Gasteiger partial charge in [0.2, 0.25) is 0 Å². The van der Waals surface area contributed by atoms with Gasteiger partial charge in [-0.2, -0.15) is 0 Å². The van der Waals surface area contributed by atoms with E-state index in [1.54, 1.807) is 60.9 Å². The number of rotatable bonds is 5. The van der Waals surface area contributed by atoms with Gasteiger partial charge in [-0.15, -0.1) is 0 Å². The molecule has 2 heterocycles. The van der Waals surface area contributed by atoms with Gasteiger partial charge in [0, 0.05) is 46.2 Å². The fraction of sp³-hybridized carbons (Fsp3) is 0.129. The zero-order valence-electron chi connectivity index (χ0n) is 20.9. The fourth-order valence-corrected chi connectivity index (χ4v) is 5.39. The highest BCUT2D eigenvalue weighted by atomic mass is 35.5. The zero-order valence-corrected chi connectivity index (χ0v) is 21.6. The summed E-state index contributed by atoms with van der Waals surface area (Å²) >= 11 is 6.19. The monoisotopic (exact) mass is 536 g/mol. The van der Waals surface area contributed by atoms with E-state index in [0.29, 0.717) is 34.7 Å². The first-order valence-electron chi connectivity index (χ1n) is 12.7. The van der Waals surface area contributed by atoms with Crippen LogP contribution in [0.15, 0.2) is 102 Å². The Kier molecular flexibility index (Phi) is 6.50. The van der Waals surface area contributed by atoms with Gasteiger partial charge in [-0.25, -0.2) is 0 Å². The van der Waals surface area contributed by atoms with Crippen molar-refractivity contribution in [1.82, 2.24) is 20.2 Å². The van der Waals surface area contributed by atoms with Crippen LogP contribution in [0.4, 0.5) is 0 Å². The Morgan fingerprint density at radius 2 is 1.41 bits per heavy atom. The van der Waals surface area contributed by atoms with Crippen molar-refractivity contribution in [3.63, 3.8) is 0 Å². The number of H-pyrrole nitrogens is 1. The summed E-state index contributed by atoms with van der Waals surface area (Å²) in [6.45, 7) is 0. The second-order valence-corrected chi connectivity index (χ2v) is 10.1. The molecular formula is C31H25ClN4O3. The zero-order chi connectivity index (χ0) is 26.9. The molecule has 0 bridgehead atoms. The van der Waals surface area contributed by atoms with E-state index in [9.17, 15) is 14.4 Å². The minimum atomic E-state index is -0.309. The molecule has 7 nitrogen and oxygen atoms in total. The number of benzene rings is 3. The van der Waals surface area contributed by atoms with Gasteiger partial charge in [0.25, 0.3) is 17.4 Å². The van der Waals surface area contributed by atoms with Crippen LogP contribution in [-0.2, 0) is 12.8 Å². The Bertz CT molecular complexity index is 1760. The predicted octanol–water partition coefficient (Wildman–Crippen LogP) is 4.67. The van der Waals surface area contributed by atoms with Crippen LogP contribution in [0.3, 0.4) is 0 Å². The number of carbonyl (C=O) groups is 2. The first kappa shape index (κ1) is 24.7. The summed E-state index contributed by atoms with van der Waals surface area (Å²) in [6.07, 6.45) is 4.57. The van der Waals surface area contributed by atoms with E-state index in [0.717, 1.165) is 22.0 Å². The van der Waals surface area contributed by atoms with Gasteiger partial charge < -0.3 is 15.6 Å². The molecule has 5 aromatic rings. The highest BCUT2D eigenvalue weighted by Gasteiger charge is 2.31. The lowest BCUT2D eigenvalue weighted by Gasteiger charge is -2.34. The molecule has 3 N–H and O–H groups in total. The topological polar surface area (TPSA) is 96.0 Å². The summed E-state index contributed by atoms with van der Waals surface area (Å²) in [4.78, 5) is 41.8. The number of nitrogens with zero attached hydrogens (tertiary/aromatic N) is 1. The minimum absolute atomic E-state index is 0.146. The second-order valence-electron chi connectivity index (χ2n) is 9.69. The van der Waals surface area contributed by atoms with E-state index >= 15 is 0 Å². The Labute approximate surface area is 229 Å². The van der Waals surface area contributed by atoms with Gasteiger partial charge in [0.05, 0.1) is 17.1 Å². The number of hydrogen-bond acceptors (Lipinski definition) is 3. The second kappa shape index (κ2) is 10.3. The van der Waals surface area contributed by atoms with E-state index < -0.39 is 0 Å². The Morgan fingerprint density at radius 1 is 0.795 bits per heavy atom. The number of hydrogen-bond donors (Lipinski definition) is 3. The van der Waals surface area contributed by atoms with Crippen LogP contribution in [0.1, 0.15) is 31.8 Å². The molecule has 0 saturated heterocycles. The summed E-state index contributed by atoms with van der Waals surface area (Å²) in [5.74, 6) is -0.461. The number of nitrogens with one attached hydrogen (secondary N) is 3. The number of carbonyl (C=O) groups excluding carboxylic acids is 2. The standard InChI is InChI=1S/C31H25ClN4O3/c32-25-18-33-26-17-22(10-13-24(25)26)31(39)35-28-16-21-6-2-1-5-20(21)15-27(28)34-30(38)19-8-11-23(12-9-19)36-14-4-3-7-29(36)37/h1-14,17-18,27-28,33H,15-16H2,(H,34,38)(H,35,39)/t27-,28+/m0/s1. The van der Waals surface area contributed by atoms with Crippen LogP contribution < -0.4 is 16.2 Å². The van der Waals surface area contributed by atoms with Crippen molar-refractivity contribution >= 4 is 34.3 Å². The highest BCUT2D eigenvalue weighted by Crippen LogP contribution is 2.25. The molecule has 2 amide bonds. The molecule has 2 atom stereocenters.